The number of halogens is 2. The number of carbonyl (C=O) groups is 1. The van der Waals surface area contributed by atoms with Crippen LogP contribution in [-0.2, 0) is 0 Å². The van der Waals surface area contributed by atoms with Crippen LogP contribution in [0.1, 0.15) is 28.9 Å². The molecule has 0 aliphatic rings. The number of carbonyl (C=O) groups excluding carboxylic acids is 1. The van der Waals surface area contributed by atoms with Crippen molar-refractivity contribution in [2.75, 3.05) is 0 Å². The number of aromatic nitrogens is 2. The summed E-state index contributed by atoms with van der Waals surface area (Å²) in [5.41, 5.74) is 0.841. The van der Waals surface area contributed by atoms with E-state index in [0.717, 1.165) is 5.56 Å². The van der Waals surface area contributed by atoms with Crippen LogP contribution in [0.15, 0.2) is 36.7 Å². The summed E-state index contributed by atoms with van der Waals surface area (Å²) in [5.74, 6) is -0.644. The zero-order valence-corrected chi connectivity index (χ0v) is 10.6. The zero-order chi connectivity index (χ0) is 14.5. The molecule has 1 amide bonds. The Morgan fingerprint density at radius 1 is 1.40 bits per heavy atom. The summed E-state index contributed by atoms with van der Waals surface area (Å²) in [6, 6.07) is 5.54. The van der Waals surface area contributed by atoms with Crippen LogP contribution in [0.5, 0.6) is 5.75 Å². The molecule has 1 heterocycles. The molecule has 5 nitrogen and oxygen atoms in total. The maximum absolute atomic E-state index is 12.3. The molecule has 0 saturated carbocycles. The van der Waals surface area contributed by atoms with E-state index in [0.29, 0.717) is 0 Å². The van der Waals surface area contributed by atoms with Crippen LogP contribution in [0.3, 0.4) is 0 Å². The predicted octanol–water partition coefficient (Wildman–Crippen LogP) is 2.50. The predicted molar refractivity (Wildman–Crippen MR) is 67.5 cm³/mol. The maximum atomic E-state index is 12.3. The third kappa shape index (κ3) is 3.31. The molecular formula is C13H13F2N3O2. The minimum Gasteiger partial charge on any atom is -0.434 e. The second-order valence-electron chi connectivity index (χ2n) is 4.10. The lowest BCUT2D eigenvalue weighted by molar-refractivity contribution is -0.0501. The van der Waals surface area contributed by atoms with Gasteiger partial charge in [0.25, 0.3) is 5.91 Å². The monoisotopic (exact) mass is 281 g/mol. The number of hydrogen-bond acceptors (Lipinski definition) is 3. The Balaban J connectivity index is 2.13. The van der Waals surface area contributed by atoms with Gasteiger partial charge < -0.3 is 10.1 Å². The largest absolute Gasteiger partial charge is 0.434 e. The number of ether oxygens (including phenoxy) is 1. The van der Waals surface area contributed by atoms with E-state index in [4.69, 9.17) is 0 Å². The molecule has 1 aromatic carbocycles. The molecule has 0 fully saturated rings. The smallest absolute Gasteiger partial charge is 0.387 e. The molecule has 2 rings (SSSR count). The van der Waals surface area contributed by atoms with Crippen LogP contribution in [0.4, 0.5) is 8.78 Å². The summed E-state index contributed by atoms with van der Waals surface area (Å²) in [7, 11) is 0. The van der Waals surface area contributed by atoms with Crippen LogP contribution in [-0.4, -0.2) is 22.7 Å². The Morgan fingerprint density at radius 3 is 2.80 bits per heavy atom. The first-order valence-electron chi connectivity index (χ1n) is 5.91. The molecule has 2 aromatic rings. The quantitative estimate of drug-likeness (QED) is 0.884. The molecule has 0 aliphatic carbocycles. The first-order chi connectivity index (χ1) is 9.58. The van der Waals surface area contributed by atoms with Crippen molar-refractivity contribution in [3.05, 3.63) is 47.8 Å². The molecule has 0 aliphatic heterocycles. The standard InChI is InChI=1S/C13H13F2N3O2/c1-8(9-6-16-17-7-9)18-12(19)10-4-2-3-5-11(10)20-13(14)15/h2-8,13H,1H3,(H,16,17)(H,18,19). The number of amides is 1. The van der Waals surface area contributed by atoms with Crippen molar-refractivity contribution >= 4 is 5.91 Å². The lowest BCUT2D eigenvalue weighted by atomic mass is 10.1. The molecule has 20 heavy (non-hydrogen) atoms. The highest BCUT2D eigenvalue weighted by Crippen LogP contribution is 2.21. The molecule has 1 aromatic heterocycles. The molecule has 7 heteroatoms. The van der Waals surface area contributed by atoms with Crippen molar-refractivity contribution < 1.29 is 18.3 Å². The zero-order valence-electron chi connectivity index (χ0n) is 10.6. The first-order valence-corrected chi connectivity index (χ1v) is 5.91. The average molecular weight is 281 g/mol. The van der Waals surface area contributed by atoms with Gasteiger partial charge in [-0.15, -0.1) is 0 Å². The Labute approximate surface area is 114 Å². The Kier molecular flexibility index (Phi) is 4.29. The fraction of sp³-hybridized carbons (Fsp3) is 0.231. The summed E-state index contributed by atoms with van der Waals surface area (Å²) in [6.45, 7) is -1.21. The van der Waals surface area contributed by atoms with Gasteiger partial charge in [0.05, 0.1) is 17.8 Å². The van der Waals surface area contributed by atoms with Gasteiger partial charge in [0.2, 0.25) is 0 Å². The van der Waals surface area contributed by atoms with E-state index in [1.165, 1.54) is 18.2 Å². The van der Waals surface area contributed by atoms with E-state index in [1.807, 2.05) is 0 Å². The van der Waals surface area contributed by atoms with Crippen LogP contribution < -0.4 is 10.1 Å². The lowest BCUT2D eigenvalue weighted by Crippen LogP contribution is -2.27. The summed E-state index contributed by atoms with van der Waals surface area (Å²) in [5, 5.41) is 9.10. The normalized spacial score (nSPS) is 12.2. The van der Waals surface area contributed by atoms with Crippen LogP contribution in [0.25, 0.3) is 0 Å². The van der Waals surface area contributed by atoms with Gasteiger partial charge in [-0.2, -0.15) is 13.9 Å². The Hall–Kier alpha value is -2.44. The van der Waals surface area contributed by atoms with Gasteiger partial charge in [0, 0.05) is 11.8 Å². The van der Waals surface area contributed by atoms with Gasteiger partial charge in [-0.3, -0.25) is 9.89 Å². The molecule has 0 bridgehead atoms. The topological polar surface area (TPSA) is 67.0 Å². The lowest BCUT2D eigenvalue weighted by Gasteiger charge is -2.14. The summed E-state index contributed by atoms with van der Waals surface area (Å²) >= 11 is 0. The van der Waals surface area contributed by atoms with E-state index in [1.54, 1.807) is 25.4 Å². The van der Waals surface area contributed by atoms with Crippen LogP contribution in [0, 0.1) is 0 Å². The number of hydrogen-bond donors (Lipinski definition) is 2. The van der Waals surface area contributed by atoms with E-state index in [9.17, 15) is 13.6 Å². The van der Waals surface area contributed by atoms with E-state index in [2.05, 4.69) is 20.3 Å². The Morgan fingerprint density at radius 2 is 2.15 bits per heavy atom. The SMILES string of the molecule is CC(NC(=O)c1ccccc1OC(F)F)c1cn[nH]c1. The molecule has 1 atom stereocenters. The van der Waals surface area contributed by atoms with Crippen LogP contribution >= 0.6 is 0 Å². The van der Waals surface area contributed by atoms with Gasteiger partial charge in [-0.05, 0) is 19.1 Å². The molecule has 0 spiro atoms. The van der Waals surface area contributed by atoms with Crippen molar-refractivity contribution in [2.45, 2.75) is 19.6 Å². The van der Waals surface area contributed by atoms with Gasteiger partial charge in [-0.1, -0.05) is 12.1 Å². The summed E-state index contributed by atoms with van der Waals surface area (Å²) in [6.07, 6.45) is 3.22. The van der Waals surface area contributed by atoms with Crippen molar-refractivity contribution in [1.82, 2.24) is 15.5 Å². The maximum Gasteiger partial charge on any atom is 0.387 e. The third-order valence-corrected chi connectivity index (χ3v) is 2.71. The number of nitrogens with zero attached hydrogens (tertiary/aromatic N) is 1. The second kappa shape index (κ2) is 6.14. The van der Waals surface area contributed by atoms with E-state index < -0.39 is 12.5 Å². The molecule has 0 radical (unpaired) electrons. The van der Waals surface area contributed by atoms with E-state index in [-0.39, 0.29) is 17.4 Å². The number of H-pyrrole nitrogens is 1. The van der Waals surface area contributed by atoms with Gasteiger partial charge in [0.1, 0.15) is 5.75 Å². The summed E-state index contributed by atoms with van der Waals surface area (Å²) < 4.78 is 28.9. The molecule has 0 saturated heterocycles. The Bertz CT molecular complexity index is 573. The number of benzene rings is 1. The van der Waals surface area contributed by atoms with Gasteiger partial charge in [0.15, 0.2) is 0 Å². The molecule has 1 unspecified atom stereocenters. The highest BCUT2D eigenvalue weighted by molar-refractivity contribution is 5.97. The van der Waals surface area contributed by atoms with Crippen molar-refractivity contribution in [3.63, 3.8) is 0 Å². The minimum atomic E-state index is -2.98. The number of alkyl halides is 2. The average Bonchev–Trinajstić information content (AvgIpc) is 2.92. The number of para-hydroxylation sites is 1. The molecular weight excluding hydrogens is 268 g/mol. The van der Waals surface area contributed by atoms with Crippen molar-refractivity contribution in [3.8, 4) is 5.75 Å². The highest BCUT2D eigenvalue weighted by Gasteiger charge is 2.17. The number of rotatable bonds is 5. The van der Waals surface area contributed by atoms with Gasteiger partial charge in [-0.25, -0.2) is 0 Å². The number of aromatic amines is 1. The fourth-order valence-corrected chi connectivity index (χ4v) is 1.71. The second-order valence-corrected chi connectivity index (χ2v) is 4.10. The molecule has 106 valence electrons. The van der Waals surface area contributed by atoms with E-state index >= 15 is 0 Å². The van der Waals surface area contributed by atoms with Crippen LogP contribution in [0.2, 0.25) is 0 Å². The fourth-order valence-electron chi connectivity index (χ4n) is 1.71. The third-order valence-electron chi connectivity index (χ3n) is 2.71. The summed E-state index contributed by atoms with van der Waals surface area (Å²) in [4.78, 5) is 12.1. The van der Waals surface area contributed by atoms with Crippen molar-refractivity contribution in [2.24, 2.45) is 0 Å². The highest BCUT2D eigenvalue weighted by atomic mass is 19.3. The minimum absolute atomic E-state index is 0.0585. The number of nitrogens with one attached hydrogen (secondary N) is 2. The molecule has 2 N–H and O–H groups in total. The van der Waals surface area contributed by atoms with Crippen molar-refractivity contribution in [1.29, 1.82) is 0 Å². The first kappa shape index (κ1) is 14.0. The van der Waals surface area contributed by atoms with Gasteiger partial charge >= 0.3 is 6.61 Å².